The van der Waals surface area contributed by atoms with Crippen LogP contribution in [-0.2, 0) is 24.3 Å². The van der Waals surface area contributed by atoms with Gasteiger partial charge >= 0.3 is 0 Å². The van der Waals surface area contributed by atoms with Crippen molar-refractivity contribution in [2.75, 3.05) is 19.1 Å². The van der Waals surface area contributed by atoms with Gasteiger partial charge in [0.25, 0.3) is 5.56 Å². The number of nitrogens with zero attached hydrogens (tertiary/aromatic N) is 5. The predicted octanol–water partition coefficient (Wildman–Crippen LogP) is 2.89. The molecule has 8 heteroatoms. The second-order valence-electron chi connectivity index (χ2n) is 8.76. The van der Waals surface area contributed by atoms with Gasteiger partial charge in [-0.15, -0.1) is 0 Å². The monoisotopic (exact) mass is 444 g/mol. The SMILES string of the molecule is COCc1cc(=O)n2c(n1)C(C)=C(C)C(N1CCc3ncc(-c4cnccc4C)cc3C1)N2. The van der Waals surface area contributed by atoms with Crippen molar-refractivity contribution in [3.63, 3.8) is 0 Å². The van der Waals surface area contributed by atoms with Crippen molar-refractivity contribution in [1.29, 1.82) is 0 Å². The molecule has 0 saturated carbocycles. The average molecular weight is 445 g/mol. The topological polar surface area (TPSA) is 85.2 Å². The minimum Gasteiger partial charge on any atom is -0.378 e. The number of nitrogens with one attached hydrogen (secondary N) is 1. The number of rotatable bonds is 4. The quantitative estimate of drug-likeness (QED) is 0.662. The normalized spacial score (nSPS) is 18.0. The van der Waals surface area contributed by atoms with Gasteiger partial charge in [0.2, 0.25) is 0 Å². The lowest BCUT2D eigenvalue weighted by Gasteiger charge is -2.40. The molecule has 2 aliphatic heterocycles. The second-order valence-corrected chi connectivity index (χ2v) is 8.76. The van der Waals surface area contributed by atoms with Crippen LogP contribution in [0.4, 0.5) is 0 Å². The van der Waals surface area contributed by atoms with E-state index >= 15 is 0 Å². The van der Waals surface area contributed by atoms with Crippen LogP contribution in [0.15, 0.2) is 47.2 Å². The van der Waals surface area contributed by atoms with Gasteiger partial charge in [0.05, 0.1) is 12.3 Å². The number of ether oxygens (including phenoxy) is 1. The molecule has 1 unspecified atom stereocenters. The Hall–Kier alpha value is -3.36. The lowest BCUT2D eigenvalue weighted by molar-refractivity contribution is 0.180. The number of hydrogen-bond acceptors (Lipinski definition) is 7. The number of hydrogen-bond donors (Lipinski definition) is 1. The molecule has 3 aromatic rings. The number of aryl methyl sites for hydroxylation is 1. The highest BCUT2D eigenvalue weighted by Crippen LogP contribution is 2.30. The van der Waals surface area contributed by atoms with E-state index in [0.29, 0.717) is 18.1 Å². The van der Waals surface area contributed by atoms with Gasteiger partial charge in [-0.2, -0.15) is 0 Å². The molecular weight excluding hydrogens is 416 g/mol. The molecule has 0 aromatic carbocycles. The first kappa shape index (κ1) is 21.5. The number of fused-ring (bicyclic) bond motifs is 2. The molecule has 170 valence electrons. The van der Waals surface area contributed by atoms with E-state index in [2.05, 4.69) is 40.2 Å². The Balaban J connectivity index is 1.46. The van der Waals surface area contributed by atoms with Crippen molar-refractivity contribution in [3.05, 3.63) is 81.1 Å². The van der Waals surface area contributed by atoms with Crippen molar-refractivity contribution < 1.29 is 4.74 Å². The van der Waals surface area contributed by atoms with Gasteiger partial charge in [-0.3, -0.25) is 25.1 Å². The summed E-state index contributed by atoms with van der Waals surface area (Å²) < 4.78 is 6.73. The molecule has 0 fully saturated rings. The van der Waals surface area contributed by atoms with E-state index in [1.54, 1.807) is 11.8 Å². The van der Waals surface area contributed by atoms with Crippen molar-refractivity contribution >= 4 is 5.57 Å². The summed E-state index contributed by atoms with van der Waals surface area (Å²) in [5, 5.41) is 0. The molecule has 0 spiro atoms. The first-order valence-corrected chi connectivity index (χ1v) is 11.2. The third-order valence-corrected chi connectivity index (χ3v) is 6.64. The maximum atomic E-state index is 12.8. The van der Waals surface area contributed by atoms with E-state index in [9.17, 15) is 4.79 Å². The van der Waals surface area contributed by atoms with Crippen LogP contribution < -0.4 is 11.0 Å². The number of methoxy groups -OCH3 is 1. The Morgan fingerprint density at radius 2 is 2.06 bits per heavy atom. The fraction of sp³-hybridized carbons (Fsp3) is 0.360. The van der Waals surface area contributed by atoms with Crippen LogP contribution in [0.3, 0.4) is 0 Å². The van der Waals surface area contributed by atoms with Gasteiger partial charge in [-0.25, -0.2) is 9.66 Å². The van der Waals surface area contributed by atoms with Gasteiger partial charge in [-0.1, -0.05) is 0 Å². The highest BCUT2D eigenvalue weighted by atomic mass is 16.5. The minimum absolute atomic E-state index is 0.0952. The Morgan fingerprint density at radius 3 is 2.85 bits per heavy atom. The van der Waals surface area contributed by atoms with Crippen LogP contribution >= 0.6 is 0 Å². The summed E-state index contributed by atoms with van der Waals surface area (Å²) in [4.78, 5) is 28.9. The van der Waals surface area contributed by atoms with Crippen LogP contribution in [-0.4, -0.2) is 44.3 Å². The predicted molar refractivity (Wildman–Crippen MR) is 127 cm³/mol. The lowest BCUT2D eigenvalue weighted by atomic mass is 9.97. The average Bonchev–Trinajstić information content (AvgIpc) is 2.81. The van der Waals surface area contributed by atoms with Gasteiger partial charge in [0.1, 0.15) is 6.17 Å². The molecule has 2 aliphatic rings. The smallest absolute Gasteiger partial charge is 0.272 e. The number of allylic oxidation sites excluding steroid dienone is 1. The maximum absolute atomic E-state index is 12.8. The fourth-order valence-electron chi connectivity index (χ4n) is 4.67. The summed E-state index contributed by atoms with van der Waals surface area (Å²) >= 11 is 0. The molecule has 0 amide bonds. The Kier molecular flexibility index (Phi) is 5.55. The molecule has 5 rings (SSSR count). The molecule has 1 N–H and O–H groups in total. The van der Waals surface area contributed by atoms with Crippen LogP contribution in [0.25, 0.3) is 16.7 Å². The largest absolute Gasteiger partial charge is 0.378 e. The maximum Gasteiger partial charge on any atom is 0.272 e. The standard InChI is InChI=1S/C25H28N6O2/c1-15-5-7-26-12-21(15)18-9-19-13-30(8-6-22(19)27-11-18)25-17(3)16(2)24-28-20(14-33-4)10-23(32)31(24)29-25/h5,7,9-12,25,29H,6,8,13-14H2,1-4H3. The molecule has 0 aliphatic carbocycles. The number of pyridine rings is 2. The molecule has 33 heavy (non-hydrogen) atoms. The van der Waals surface area contributed by atoms with E-state index in [-0.39, 0.29) is 11.7 Å². The minimum atomic E-state index is -0.127. The zero-order valence-corrected chi connectivity index (χ0v) is 19.4. The van der Waals surface area contributed by atoms with E-state index < -0.39 is 0 Å². The van der Waals surface area contributed by atoms with Crippen molar-refractivity contribution in [2.45, 2.75) is 46.5 Å². The van der Waals surface area contributed by atoms with Crippen LogP contribution in [0.1, 0.15) is 42.2 Å². The third kappa shape index (κ3) is 3.85. The number of aromatic nitrogens is 4. The van der Waals surface area contributed by atoms with Gasteiger partial charge in [0.15, 0.2) is 5.82 Å². The van der Waals surface area contributed by atoms with E-state index in [1.807, 2.05) is 31.6 Å². The lowest BCUT2D eigenvalue weighted by Crippen LogP contribution is -2.52. The Labute approximate surface area is 193 Å². The fourth-order valence-corrected chi connectivity index (χ4v) is 4.67. The van der Waals surface area contributed by atoms with Crippen molar-refractivity contribution in [1.82, 2.24) is 24.5 Å². The van der Waals surface area contributed by atoms with Crippen LogP contribution in [0.2, 0.25) is 0 Å². The molecule has 0 bridgehead atoms. The first-order chi connectivity index (χ1) is 16.0. The van der Waals surface area contributed by atoms with Crippen LogP contribution in [0, 0.1) is 6.92 Å². The second kappa shape index (κ2) is 8.53. The van der Waals surface area contributed by atoms with E-state index in [0.717, 1.165) is 47.5 Å². The molecule has 1 atom stereocenters. The van der Waals surface area contributed by atoms with E-state index in [4.69, 9.17) is 9.72 Å². The first-order valence-electron chi connectivity index (χ1n) is 11.2. The highest BCUT2D eigenvalue weighted by Gasteiger charge is 2.31. The Morgan fingerprint density at radius 1 is 1.21 bits per heavy atom. The summed E-state index contributed by atoms with van der Waals surface area (Å²) in [6, 6.07) is 5.78. The van der Waals surface area contributed by atoms with Crippen molar-refractivity contribution in [3.8, 4) is 11.1 Å². The molecule has 8 nitrogen and oxygen atoms in total. The zero-order valence-electron chi connectivity index (χ0n) is 19.4. The Bertz CT molecular complexity index is 1310. The summed E-state index contributed by atoms with van der Waals surface area (Å²) in [5.41, 5.74) is 11.8. The van der Waals surface area contributed by atoms with Gasteiger partial charge in [-0.05, 0) is 55.2 Å². The molecule has 0 radical (unpaired) electrons. The van der Waals surface area contributed by atoms with Gasteiger partial charge < -0.3 is 4.74 Å². The zero-order chi connectivity index (χ0) is 23.1. The summed E-state index contributed by atoms with van der Waals surface area (Å²) in [6.07, 6.45) is 6.42. The highest BCUT2D eigenvalue weighted by molar-refractivity contribution is 5.67. The molecule has 0 saturated heterocycles. The van der Waals surface area contributed by atoms with Crippen molar-refractivity contribution in [2.24, 2.45) is 0 Å². The molecule has 3 aromatic heterocycles. The summed E-state index contributed by atoms with van der Waals surface area (Å²) in [6.45, 7) is 8.14. The summed E-state index contributed by atoms with van der Waals surface area (Å²) in [5.74, 6) is 0.650. The summed E-state index contributed by atoms with van der Waals surface area (Å²) in [7, 11) is 1.60. The molecular formula is C25H28N6O2. The third-order valence-electron chi connectivity index (χ3n) is 6.64. The van der Waals surface area contributed by atoms with Gasteiger partial charge in [0, 0.05) is 68.1 Å². The molecule has 5 heterocycles. The van der Waals surface area contributed by atoms with Crippen LogP contribution in [0.5, 0.6) is 0 Å². The van der Waals surface area contributed by atoms with E-state index in [1.165, 1.54) is 17.2 Å².